The molecule has 0 aliphatic carbocycles. The molecule has 3 amide bonds. The van der Waals surface area contributed by atoms with Crippen molar-refractivity contribution in [1.29, 1.82) is 0 Å². The van der Waals surface area contributed by atoms with Gasteiger partial charge in [-0.1, -0.05) is 24.3 Å². The minimum atomic E-state index is -1.07. The van der Waals surface area contributed by atoms with E-state index >= 15 is 0 Å². The molecule has 7 heterocycles. The Labute approximate surface area is 360 Å². The van der Waals surface area contributed by atoms with E-state index in [2.05, 4.69) is 54.5 Å². The summed E-state index contributed by atoms with van der Waals surface area (Å²) >= 11 is 0. The van der Waals surface area contributed by atoms with Gasteiger partial charge in [0.15, 0.2) is 5.82 Å². The Bertz CT molecular complexity index is 2500. The maximum Gasteiger partial charge on any atom is 0.249 e. The van der Waals surface area contributed by atoms with Gasteiger partial charge in [-0.05, 0) is 80.6 Å². The van der Waals surface area contributed by atoms with E-state index in [1.54, 1.807) is 12.1 Å². The monoisotopic (exact) mass is 839 g/mol. The number of benzene rings is 3. The van der Waals surface area contributed by atoms with E-state index in [-0.39, 0.29) is 48.1 Å². The summed E-state index contributed by atoms with van der Waals surface area (Å²) in [4.78, 5) is 46.9. The molecule has 3 atom stereocenters. The highest BCUT2D eigenvalue weighted by Crippen LogP contribution is 2.41. The molecule has 15 heteroatoms. The minimum absolute atomic E-state index is 0.0119. The minimum Gasteiger partial charge on any atom is -0.507 e. The number of ether oxygens (including phenoxy) is 1. The number of piperidine rings is 3. The number of carbonyl (C=O) groups is 3. The van der Waals surface area contributed by atoms with Crippen molar-refractivity contribution >= 4 is 51.5 Å². The number of piperazine rings is 1. The lowest BCUT2D eigenvalue weighted by Crippen LogP contribution is -2.54. The van der Waals surface area contributed by atoms with Gasteiger partial charge in [-0.3, -0.25) is 19.7 Å². The zero-order chi connectivity index (χ0) is 42.5. The second kappa shape index (κ2) is 16.2. The zero-order valence-corrected chi connectivity index (χ0v) is 34.7. The normalized spacial score (nSPS) is 22.9. The summed E-state index contributed by atoms with van der Waals surface area (Å²) in [5.74, 6) is 0.837. The number of likely N-dealkylation sites (tertiary alicyclic amines) is 1. The first-order valence-electron chi connectivity index (χ1n) is 22.0. The fourth-order valence-electron chi connectivity index (χ4n) is 10.5. The number of amides is 3. The lowest BCUT2D eigenvalue weighted by Gasteiger charge is -2.43. The molecule has 5 aliphatic heterocycles. The summed E-state index contributed by atoms with van der Waals surface area (Å²) in [6, 6.07) is 25.6. The number of phenols is 1. The molecule has 62 heavy (non-hydrogen) atoms. The Kier molecular flexibility index (Phi) is 10.4. The number of rotatable bonds is 9. The first kappa shape index (κ1) is 39.8. The molecule has 2 aromatic heterocycles. The molecule has 5 fully saturated rings. The zero-order valence-electron chi connectivity index (χ0n) is 34.7. The SMILES string of the molecule is Nc1nnc(-c2ccccc2O)cc1N1CC2CCC(C1)N2c1cccc(OC2CCN(C(=O)CC3(O)CCN(c4cccc5c4ccn5C4CCC(=O)NC4=O)CC3)CC2)c1. The number of hydrogen-bond acceptors (Lipinski definition) is 12. The van der Waals surface area contributed by atoms with E-state index < -0.39 is 11.6 Å². The first-order chi connectivity index (χ1) is 30.1. The molecular weight excluding hydrogens is 787 g/mol. The molecule has 5 aliphatic rings. The van der Waals surface area contributed by atoms with Gasteiger partial charge in [-0.2, -0.15) is 0 Å². The second-order valence-corrected chi connectivity index (χ2v) is 17.7. The number of hydrogen-bond donors (Lipinski definition) is 4. The highest BCUT2D eigenvalue weighted by molar-refractivity contribution is 6.01. The number of aromatic hydroxyl groups is 1. The molecule has 15 nitrogen and oxygen atoms in total. The van der Waals surface area contributed by atoms with Gasteiger partial charge in [0.05, 0.1) is 28.9 Å². The number of anilines is 4. The van der Waals surface area contributed by atoms with E-state index in [4.69, 9.17) is 10.5 Å². The molecule has 5 N–H and O–H groups in total. The number of para-hydroxylation sites is 1. The van der Waals surface area contributed by atoms with Crippen LogP contribution in [0.5, 0.6) is 11.5 Å². The molecule has 5 saturated heterocycles. The predicted octanol–water partition coefficient (Wildman–Crippen LogP) is 5.01. The van der Waals surface area contributed by atoms with E-state index in [0.717, 1.165) is 72.5 Å². The molecule has 5 aromatic rings. The fourth-order valence-corrected chi connectivity index (χ4v) is 10.5. The summed E-state index contributed by atoms with van der Waals surface area (Å²) in [6.07, 6.45) is 7.32. The van der Waals surface area contributed by atoms with Crippen LogP contribution in [0, 0.1) is 0 Å². The fraction of sp³-hybridized carbons (Fsp3) is 0.426. The highest BCUT2D eigenvalue weighted by atomic mass is 16.5. The maximum absolute atomic E-state index is 13.6. The van der Waals surface area contributed by atoms with Gasteiger partial charge in [-0.25, -0.2) is 0 Å². The predicted molar refractivity (Wildman–Crippen MR) is 236 cm³/mol. The topological polar surface area (TPSA) is 183 Å². The van der Waals surface area contributed by atoms with Gasteiger partial charge in [0.25, 0.3) is 0 Å². The Hall–Kier alpha value is -6.35. The van der Waals surface area contributed by atoms with Crippen LogP contribution in [0.1, 0.15) is 63.8 Å². The molecule has 0 spiro atoms. The molecule has 10 rings (SSSR count). The Morgan fingerprint density at radius 1 is 0.839 bits per heavy atom. The quantitative estimate of drug-likeness (QED) is 0.146. The van der Waals surface area contributed by atoms with Crippen molar-refractivity contribution in [2.75, 3.05) is 59.7 Å². The van der Waals surface area contributed by atoms with Crippen molar-refractivity contribution in [2.45, 2.75) is 87.6 Å². The summed E-state index contributed by atoms with van der Waals surface area (Å²) in [5, 5.41) is 34.1. The van der Waals surface area contributed by atoms with Crippen LogP contribution in [0.3, 0.4) is 0 Å². The average molecular weight is 840 g/mol. The smallest absolute Gasteiger partial charge is 0.249 e. The van der Waals surface area contributed by atoms with Crippen LogP contribution in [0.25, 0.3) is 22.2 Å². The molecule has 2 bridgehead atoms. The molecule has 0 saturated carbocycles. The Morgan fingerprint density at radius 2 is 1.60 bits per heavy atom. The summed E-state index contributed by atoms with van der Waals surface area (Å²) < 4.78 is 8.51. The van der Waals surface area contributed by atoms with E-state index in [1.165, 1.54) is 0 Å². The van der Waals surface area contributed by atoms with Gasteiger partial charge in [0.1, 0.15) is 23.6 Å². The second-order valence-electron chi connectivity index (χ2n) is 17.7. The number of fused-ring (bicyclic) bond motifs is 3. The number of carbonyl (C=O) groups excluding carboxylic acids is 3. The van der Waals surface area contributed by atoms with E-state index in [1.807, 2.05) is 58.1 Å². The van der Waals surface area contributed by atoms with Crippen LogP contribution >= 0.6 is 0 Å². The van der Waals surface area contributed by atoms with Crippen LogP contribution in [-0.2, 0) is 14.4 Å². The van der Waals surface area contributed by atoms with Crippen LogP contribution in [0.15, 0.2) is 85.1 Å². The third-order valence-electron chi connectivity index (χ3n) is 13.8. The number of aromatic nitrogens is 3. The summed E-state index contributed by atoms with van der Waals surface area (Å²) in [6.45, 7) is 3.97. The number of nitrogens with zero attached hydrogens (tertiary/aromatic N) is 7. The highest BCUT2D eigenvalue weighted by Gasteiger charge is 2.41. The maximum atomic E-state index is 13.6. The van der Waals surface area contributed by atoms with Crippen molar-refractivity contribution < 1.29 is 29.3 Å². The number of imide groups is 1. The van der Waals surface area contributed by atoms with Crippen LogP contribution in [0.2, 0.25) is 0 Å². The molecular formula is C47H53N9O6. The Morgan fingerprint density at radius 3 is 2.35 bits per heavy atom. The van der Waals surface area contributed by atoms with E-state index in [0.29, 0.717) is 68.9 Å². The third-order valence-corrected chi connectivity index (χ3v) is 13.8. The van der Waals surface area contributed by atoms with Gasteiger partial charge in [0, 0.05) is 105 Å². The van der Waals surface area contributed by atoms with Crippen molar-refractivity contribution in [1.82, 2.24) is 25.0 Å². The number of phenolic OH excluding ortho intramolecular Hbond substituents is 1. The molecule has 0 radical (unpaired) electrons. The largest absolute Gasteiger partial charge is 0.507 e. The van der Waals surface area contributed by atoms with Gasteiger partial charge >= 0.3 is 0 Å². The molecule has 322 valence electrons. The molecule has 3 unspecified atom stereocenters. The van der Waals surface area contributed by atoms with Gasteiger partial charge < -0.3 is 44.9 Å². The molecule has 3 aromatic carbocycles. The van der Waals surface area contributed by atoms with Crippen molar-refractivity contribution in [3.63, 3.8) is 0 Å². The van der Waals surface area contributed by atoms with Crippen LogP contribution in [-0.4, -0.2) is 111 Å². The van der Waals surface area contributed by atoms with Crippen molar-refractivity contribution in [3.05, 3.63) is 85.1 Å². The van der Waals surface area contributed by atoms with E-state index in [9.17, 15) is 24.6 Å². The Balaban J connectivity index is 0.717. The number of aliphatic hydroxyl groups is 1. The summed E-state index contributed by atoms with van der Waals surface area (Å²) in [5.41, 5.74) is 10.5. The standard InChI is InChI=1S/C47H53N9O6/c48-45-41(26-37(50-51-45)35-7-1-2-10-42(35)57)54-28-31-11-12-32(29-54)56(31)30-5-3-6-34(25-30)62-33-15-20-53(21-16-33)44(59)27-47(61)18-23-52(24-19-47)38-8-4-9-39-36(38)17-22-55(39)40-13-14-43(58)49-46(40)60/h1-10,17,22,25-26,31-33,40,57,61H,11-16,18-21,23-24,27-29H2,(H2,48,51)(H,49,58,60). The lowest BCUT2D eigenvalue weighted by atomic mass is 9.87. The van der Waals surface area contributed by atoms with Gasteiger partial charge in [-0.15, -0.1) is 10.2 Å². The lowest BCUT2D eigenvalue weighted by molar-refractivity contribution is -0.139. The van der Waals surface area contributed by atoms with Crippen LogP contribution in [0.4, 0.5) is 22.9 Å². The van der Waals surface area contributed by atoms with Crippen LogP contribution < -0.4 is 30.5 Å². The first-order valence-corrected chi connectivity index (χ1v) is 22.0. The van der Waals surface area contributed by atoms with Crippen molar-refractivity contribution in [3.8, 4) is 22.8 Å². The number of nitrogen functional groups attached to an aromatic ring is 1. The van der Waals surface area contributed by atoms with Gasteiger partial charge in [0.2, 0.25) is 17.7 Å². The third kappa shape index (κ3) is 7.63. The van der Waals surface area contributed by atoms with Crippen molar-refractivity contribution in [2.24, 2.45) is 0 Å². The average Bonchev–Trinajstić information content (AvgIpc) is 3.82. The summed E-state index contributed by atoms with van der Waals surface area (Å²) in [7, 11) is 0. The number of nitrogens with two attached hydrogens (primary N) is 1. The number of nitrogens with one attached hydrogen (secondary N) is 1.